The number of carbonyl (C=O) groups excluding carboxylic acids is 1. The van der Waals surface area contributed by atoms with E-state index in [1.54, 1.807) is 0 Å². The topological polar surface area (TPSA) is 20.3 Å². The van der Waals surface area contributed by atoms with Crippen molar-refractivity contribution in [3.05, 3.63) is 0 Å². The fraction of sp³-hybridized carbons (Fsp3) is 0.889. The van der Waals surface area contributed by atoms with Gasteiger partial charge < -0.3 is 4.90 Å². The van der Waals surface area contributed by atoms with E-state index in [-0.39, 0.29) is 0 Å². The predicted octanol–water partition coefficient (Wildman–Crippen LogP) is 1.06. The van der Waals surface area contributed by atoms with E-state index in [9.17, 15) is 4.79 Å². The summed E-state index contributed by atoms with van der Waals surface area (Å²) >= 11 is 0. The number of nitrogens with zero attached hydrogens (tertiary/aromatic N) is 1. The molecule has 0 amide bonds. The molecule has 2 fully saturated rings. The fourth-order valence-electron chi connectivity index (χ4n) is 2.23. The summed E-state index contributed by atoms with van der Waals surface area (Å²) in [5.74, 6) is 1.18. The van der Waals surface area contributed by atoms with Crippen LogP contribution >= 0.6 is 0 Å². The first-order valence-corrected chi connectivity index (χ1v) is 4.49. The van der Waals surface area contributed by atoms with E-state index in [2.05, 4.69) is 11.9 Å². The molecule has 62 valence electrons. The van der Waals surface area contributed by atoms with Gasteiger partial charge in [-0.3, -0.25) is 4.79 Å². The zero-order chi connectivity index (χ0) is 7.84. The van der Waals surface area contributed by atoms with Gasteiger partial charge in [-0.15, -0.1) is 0 Å². The first-order chi connectivity index (χ1) is 5.27. The maximum Gasteiger partial charge on any atom is 0.134 e. The van der Waals surface area contributed by atoms with E-state index in [0.717, 1.165) is 25.4 Å². The lowest BCUT2D eigenvalue weighted by atomic mass is 9.77. The van der Waals surface area contributed by atoms with Crippen LogP contribution in [0, 0.1) is 5.92 Å². The van der Waals surface area contributed by atoms with Crippen molar-refractivity contribution in [1.82, 2.24) is 4.90 Å². The van der Waals surface area contributed by atoms with Crippen molar-refractivity contribution in [1.29, 1.82) is 0 Å². The molecule has 0 bridgehead atoms. The lowest BCUT2D eigenvalue weighted by Gasteiger charge is -2.40. The minimum Gasteiger partial charge on any atom is -0.303 e. The second-order valence-electron chi connectivity index (χ2n) is 3.88. The Kier molecular flexibility index (Phi) is 1.72. The van der Waals surface area contributed by atoms with Gasteiger partial charge in [-0.1, -0.05) is 0 Å². The van der Waals surface area contributed by atoms with E-state index >= 15 is 0 Å². The van der Waals surface area contributed by atoms with Gasteiger partial charge in [0.15, 0.2) is 0 Å². The number of fused-ring (bicyclic) bond motifs is 1. The molecule has 11 heavy (non-hydrogen) atoms. The van der Waals surface area contributed by atoms with Crippen molar-refractivity contribution in [2.45, 2.75) is 31.7 Å². The number of hydrogen-bond donors (Lipinski definition) is 0. The van der Waals surface area contributed by atoms with E-state index < -0.39 is 0 Å². The summed E-state index contributed by atoms with van der Waals surface area (Å²) in [5, 5.41) is 0. The molecule has 0 radical (unpaired) electrons. The molecule has 2 nitrogen and oxygen atoms in total. The fourth-order valence-corrected chi connectivity index (χ4v) is 2.23. The average Bonchev–Trinajstić information content (AvgIpc) is 2.00. The van der Waals surface area contributed by atoms with Crippen LogP contribution in [-0.4, -0.2) is 30.3 Å². The van der Waals surface area contributed by atoms with Crippen LogP contribution in [0.5, 0.6) is 0 Å². The number of rotatable bonds is 0. The lowest BCUT2D eigenvalue weighted by Crippen LogP contribution is -2.43. The summed E-state index contributed by atoms with van der Waals surface area (Å²) in [5.41, 5.74) is 0. The summed E-state index contributed by atoms with van der Waals surface area (Å²) in [4.78, 5) is 13.6. The molecule has 1 saturated heterocycles. The van der Waals surface area contributed by atoms with Gasteiger partial charge in [-0.25, -0.2) is 0 Å². The molecule has 2 unspecified atom stereocenters. The summed E-state index contributed by atoms with van der Waals surface area (Å²) in [7, 11) is 2.15. The van der Waals surface area contributed by atoms with Crippen molar-refractivity contribution < 1.29 is 4.79 Å². The Hall–Kier alpha value is -0.370. The minimum absolute atomic E-state index is 0.476. The number of hydrogen-bond acceptors (Lipinski definition) is 2. The predicted molar refractivity (Wildman–Crippen MR) is 43.4 cm³/mol. The van der Waals surface area contributed by atoms with Gasteiger partial charge in [0, 0.05) is 25.4 Å². The monoisotopic (exact) mass is 153 g/mol. The van der Waals surface area contributed by atoms with Crippen LogP contribution in [0.4, 0.5) is 0 Å². The summed E-state index contributed by atoms with van der Waals surface area (Å²) in [6, 6.07) is 0.737. The molecule has 0 spiro atoms. The molecule has 0 aromatic heterocycles. The molecule has 2 atom stereocenters. The molecule has 2 rings (SSSR count). The molecule has 2 aliphatic rings. The highest BCUT2D eigenvalue weighted by Crippen LogP contribution is 2.36. The second kappa shape index (κ2) is 2.59. The van der Waals surface area contributed by atoms with Gasteiger partial charge in [0.2, 0.25) is 0 Å². The third-order valence-electron chi connectivity index (χ3n) is 3.18. The van der Waals surface area contributed by atoms with Crippen LogP contribution in [0.3, 0.4) is 0 Å². The molecule has 1 aliphatic heterocycles. The van der Waals surface area contributed by atoms with Crippen molar-refractivity contribution >= 4 is 5.78 Å². The minimum atomic E-state index is 0.476. The van der Waals surface area contributed by atoms with Crippen molar-refractivity contribution in [2.24, 2.45) is 5.92 Å². The first kappa shape index (κ1) is 7.29. The Labute approximate surface area is 67.6 Å². The molecular formula is C9H15NO. The highest BCUT2D eigenvalue weighted by Gasteiger charge is 2.36. The summed E-state index contributed by atoms with van der Waals surface area (Å²) < 4.78 is 0. The van der Waals surface area contributed by atoms with Gasteiger partial charge in [0.1, 0.15) is 5.78 Å². The Morgan fingerprint density at radius 2 is 2.27 bits per heavy atom. The van der Waals surface area contributed by atoms with Gasteiger partial charge in [0.25, 0.3) is 0 Å². The maximum atomic E-state index is 11.2. The third-order valence-corrected chi connectivity index (χ3v) is 3.18. The van der Waals surface area contributed by atoms with Crippen LogP contribution in [0.2, 0.25) is 0 Å². The smallest absolute Gasteiger partial charge is 0.134 e. The van der Waals surface area contributed by atoms with Crippen molar-refractivity contribution in [2.75, 3.05) is 13.6 Å². The normalized spacial score (nSPS) is 39.2. The van der Waals surface area contributed by atoms with Crippen LogP contribution in [-0.2, 0) is 4.79 Å². The average molecular weight is 153 g/mol. The van der Waals surface area contributed by atoms with Gasteiger partial charge in [-0.05, 0) is 25.8 Å². The van der Waals surface area contributed by atoms with Crippen LogP contribution < -0.4 is 0 Å². The molecule has 0 aromatic rings. The first-order valence-electron chi connectivity index (χ1n) is 4.49. The zero-order valence-corrected chi connectivity index (χ0v) is 7.05. The summed E-state index contributed by atoms with van der Waals surface area (Å²) in [6.07, 6.45) is 4.23. The van der Waals surface area contributed by atoms with Gasteiger partial charge >= 0.3 is 0 Å². The van der Waals surface area contributed by atoms with E-state index in [4.69, 9.17) is 0 Å². The number of likely N-dealkylation sites (tertiary alicyclic amines) is 1. The molecule has 1 aliphatic carbocycles. The largest absolute Gasteiger partial charge is 0.303 e. The Morgan fingerprint density at radius 1 is 1.45 bits per heavy atom. The Balaban J connectivity index is 2.05. The molecule has 1 saturated carbocycles. The van der Waals surface area contributed by atoms with Crippen molar-refractivity contribution in [3.63, 3.8) is 0 Å². The molecule has 2 heteroatoms. The quantitative estimate of drug-likeness (QED) is 0.518. The molecule has 1 heterocycles. The van der Waals surface area contributed by atoms with Crippen LogP contribution in [0.1, 0.15) is 25.7 Å². The van der Waals surface area contributed by atoms with E-state index in [1.807, 2.05) is 0 Å². The van der Waals surface area contributed by atoms with E-state index in [0.29, 0.717) is 11.7 Å². The second-order valence-corrected chi connectivity index (χ2v) is 3.88. The van der Waals surface area contributed by atoms with Crippen molar-refractivity contribution in [3.8, 4) is 0 Å². The number of carbonyl (C=O) groups is 1. The number of ketones is 1. The maximum absolute atomic E-state index is 11.2. The molecular weight excluding hydrogens is 138 g/mol. The highest BCUT2D eigenvalue weighted by atomic mass is 16.1. The summed E-state index contributed by atoms with van der Waals surface area (Å²) in [6.45, 7) is 0.986. The Bertz CT molecular complexity index is 178. The molecule has 0 aromatic carbocycles. The number of Topliss-reactive ketones (excluding diaryl/α,β-unsaturated/α-hetero) is 1. The molecule has 0 N–H and O–H groups in total. The highest BCUT2D eigenvalue weighted by molar-refractivity contribution is 5.79. The lowest BCUT2D eigenvalue weighted by molar-refractivity contribution is -0.119. The van der Waals surface area contributed by atoms with Crippen LogP contribution in [0.25, 0.3) is 0 Å². The SMILES string of the molecule is CN1CCC(=O)CC2CCC21. The standard InChI is InChI=1S/C9H15NO/c1-10-5-4-8(11)6-7-2-3-9(7)10/h7,9H,2-6H2,1H3. The van der Waals surface area contributed by atoms with Gasteiger partial charge in [0.05, 0.1) is 0 Å². The van der Waals surface area contributed by atoms with Gasteiger partial charge in [-0.2, -0.15) is 0 Å². The van der Waals surface area contributed by atoms with E-state index in [1.165, 1.54) is 12.8 Å². The third kappa shape index (κ3) is 1.20. The Morgan fingerprint density at radius 3 is 2.91 bits per heavy atom. The van der Waals surface area contributed by atoms with Crippen LogP contribution in [0.15, 0.2) is 0 Å². The zero-order valence-electron chi connectivity index (χ0n) is 7.05.